The van der Waals surface area contributed by atoms with E-state index in [1.807, 2.05) is 13.0 Å². The van der Waals surface area contributed by atoms with Crippen molar-refractivity contribution < 1.29 is 0 Å². The van der Waals surface area contributed by atoms with Gasteiger partial charge in [0, 0.05) is 0 Å². The smallest absolute Gasteiger partial charge is 0.0313 e. The van der Waals surface area contributed by atoms with Crippen molar-refractivity contribution in [2.45, 2.75) is 19.8 Å². The molecule has 1 radical (unpaired) electrons. The summed E-state index contributed by atoms with van der Waals surface area (Å²) in [5.41, 5.74) is 0. The highest BCUT2D eigenvalue weighted by molar-refractivity contribution is 4.79. The summed E-state index contributed by atoms with van der Waals surface area (Å²) in [5.74, 6) is 0. The summed E-state index contributed by atoms with van der Waals surface area (Å²) in [6.45, 7) is 7.12. The lowest BCUT2D eigenvalue weighted by Crippen LogP contribution is -1.58. The molecule has 0 bridgehead atoms. The first-order valence-corrected chi connectivity index (χ1v) is 2.56. The fraction of sp³-hybridized carbons (Fsp3) is 0.429. The second-order valence-electron chi connectivity index (χ2n) is 1.38. The molecule has 39 valence electrons. The molecule has 0 saturated heterocycles. The van der Waals surface area contributed by atoms with Crippen LogP contribution in [-0.2, 0) is 0 Å². The van der Waals surface area contributed by atoms with Crippen LogP contribution in [0.1, 0.15) is 19.8 Å². The molecule has 0 aromatic rings. The Balaban J connectivity index is 2.82. The maximum absolute atomic E-state index is 5.11. The first-order chi connectivity index (χ1) is 3.41. The van der Waals surface area contributed by atoms with Crippen LogP contribution in [0.3, 0.4) is 0 Å². The summed E-state index contributed by atoms with van der Waals surface area (Å²) in [4.78, 5) is 0. The largest absolute Gasteiger partial charge is 0.0917 e. The molecule has 7 heavy (non-hydrogen) atoms. The Morgan fingerprint density at radius 3 is 2.57 bits per heavy atom. The Hall–Kier alpha value is -0.520. The molecule has 0 spiro atoms. The lowest BCUT2D eigenvalue weighted by Gasteiger charge is -1.79. The Bertz CT molecular complexity index is 60.4. The second kappa shape index (κ2) is 5.48. The Kier molecular flexibility index (Phi) is 5.07. The Morgan fingerprint density at radius 2 is 2.14 bits per heavy atom. The molecule has 0 aliphatic rings. The molecule has 0 rings (SSSR count). The zero-order chi connectivity index (χ0) is 5.54. The molecule has 0 unspecified atom stereocenters. The topological polar surface area (TPSA) is 0 Å². The Labute approximate surface area is 45.5 Å². The molecule has 0 saturated carbocycles. The van der Waals surface area contributed by atoms with Gasteiger partial charge < -0.3 is 0 Å². The van der Waals surface area contributed by atoms with Gasteiger partial charge in [-0.1, -0.05) is 24.8 Å². The molecule has 0 N–H and O–H groups in total. The highest BCUT2D eigenvalue weighted by Crippen LogP contribution is 1.88. The molecule has 0 amide bonds. The number of unbranched alkanes of at least 4 members (excludes halogenated alkanes) is 1. The summed E-state index contributed by atoms with van der Waals surface area (Å²) in [5, 5.41) is 0. The van der Waals surface area contributed by atoms with Crippen LogP contribution < -0.4 is 0 Å². The number of rotatable bonds is 3. The lowest BCUT2D eigenvalue weighted by molar-refractivity contribution is 1.05. The van der Waals surface area contributed by atoms with Crippen LogP contribution in [-0.4, -0.2) is 0 Å². The van der Waals surface area contributed by atoms with Crippen molar-refractivity contribution in [3.8, 4) is 0 Å². The molecule has 0 heterocycles. The molecular formula is C7H11. The summed E-state index contributed by atoms with van der Waals surface area (Å²) in [6, 6.07) is 0. The van der Waals surface area contributed by atoms with Gasteiger partial charge in [-0.3, -0.25) is 0 Å². The van der Waals surface area contributed by atoms with E-state index in [1.165, 1.54) is 0 Å². The lowest BCUT2D eigenvalue weighted by atomic mass is 10.3. The monoisotopic (exact) mass is 95.1 g/mol. The molecule has 0 aromatic heterocycles. The van der Waals surface area contributed by atoms with E-state index in [0.717, 1.165) is 12.8 Å². The number of hydrogen-bond donors (Lipinski definition) is 0. The van der Waals surface area contributed by atoms with Gasteiger partial charge in [0.1, 0.15) is 0 Å². The van der Waals surface area contributed by atoms with Crippen molar-refractivity contribution in [1.82, 2.24) is 0 Å². The van der Waals surface area contributed by atoms with Gasteiger partial charge in [0.05, 0.1) is 0 Å². The quantitative estimate of drug-likeness (QED) is 0.373. The van der Waals surface area contributed by atoms with Crippen molar-refractivity contribution in [2.75, 3.05) is 0 Å². The number of allylic oxidation sites excluding steroid dienone is 3. The summed E-state index contributed by atoms with van der Waals surface area (Å²) < 4.78 is 0. The maximum atomic E-state index is 5.11. The third-order valence-electron chi connectivity index (χ3n) is 0.736. The molecule has 0 atom stereocenters. The molecule has 0 heteroatoms. The van der Waals surface area contributed by atoms with Crippen molar-refractivity contribution in [3.05, 3.63) is 24.8 Å². The molecule has 0 aliphatic carbocycles. The zero-order valence-electron chi connectivity index (χ0n) is 4.72. The summed E-state index contributed by atoms with van der Waals surface area (Å²) in [6.07, 6.45) is 7.88. The minimum atomic E-state index is 0.990. The summed E-state index contributed by atoms with van der Waals surface area (Å²) >= 11 is 0. The van der Waals surface area contributed by atoms with Gasteiger partial charge in [0.15, 0.2) is 0 Å². The second-order valence-corrected chi connectivity index (χ2v) is 1.38. The maximum Gasteiger partial charge on any atom is -0.0313 e. The van der Waals surface area contributed by atoms with E-state index in [9.17, 15) is 0 Å². The average molecular weight is 95.2 g/mol. The predicted molar refractivity (Wildman–Crippen MR) is 32.9 cm³/mol. The Morgan fingerprint density at radius 1 is 1.43 bits per heavy atom. The third kappa shape index (κ3) is 5.48. The van der Waals surface area contributed by atoms with Crippen LogP contribution in [0.25, 0.3) is 0 Å². The minimum Gasteiger partial charge on any atom is -0.0917 e. The van der Waals surface area contributed by atoms with E-state index in [0.29, 0.717) is 0 Å². The van der Waals surface area contributed by atoms with Gasteiger partial charge in [0.2, 0.25) is 0 Å². The van der Waals surface area contributed by atoms with Gasteiger partial charge in [-0.15, -0.1) is 0 Å². The van der Waals surface area contributed by atoms with Crippen molar-refractivity contribution >= 4 is 0 Å². The predicted octanol–water partition coefficient (Wildman–Crippen LogP) is 2.33. The van der Waals surface area contributed by atoms with Crippen molar-refractivity contribution in [1.29, 1.82) is 0 Å². The van der Waals surface area contributed by atoms with Gasteiger partial charge in [-0.2, -0.15) is 0 Å². The normalized spacial score (nSPS) is 9.86. The fourth-order valence-electron chi connectivity index (χ4n) is 0.359. The van der Waals surface area contributed by atoms with Crippen LogP contribution in [0.4, 0.5) is 0 Å². The highest BCUT2D eigenvalue weighted by atomic mass is 13.7. The van der Waals surface area contributed by atoms with Gasteiger partial charge >= 0.3 is 0 Å². The zero-order valence-corrected chi connectivity index (χ0v) is 4.72. The van der Waals surface area contributed by atoms with Crippen LogP contribution in [0.5, 0.6) is 0 Å². The first-order valence-electron chi connectivity index (χ1n) is 2.56. The molecule has 0 aromatic carbocycles. The first kappa shape index (κ1) is 6.48. The van der Waals surface area contributed by atoms with Crippen LogP contribution in [0.2, 0.25) is 0 Å². The van der Waals surface area contributed by atoms with Crippen LogP contribution in [0, 0.1) is 6.58 Å². The van der Waals surface area contributed by atoms with E-state index in [2.05, 4.69) is 6.08 Å². The van der Waals surface area contributed by atoms with E-state index in [-0.39, 0.29) is 0 Å². The van der Waals surface area contributed by atoms with Gasteiger partial charge in [-0.05, 0) is 19.8 Å². The van der Waals surface area contributed by atoms with Gasteiger partial charge in [0.25, 0.3) is 0 Å². The van der Waals surface area contributed by atoms with Crippen molar-refractivity contribution in [3.63, 3.8) is 0 Å². The van der Waals surface area contributed by atoms with Crippen LogP contribution in [0.15, 0.2) is 18.2 Å². The number of hydrogen-bond acceptors (Lipinski definition) is 0. The minimum absolute atomic E-state index is 0.990. The molecule has 0 fully saturated rings. The van der Waals surface area contributed by atoms with E-state index < -0.39 is 0 Å². The van der Waals surface area contributed by atoms with E-state index >= 15 is 0 Å². The average Bonchev–Trinajstić information content (AvgIpc) is 1.69. The molecule has 0 aliphatic heterocycles. The van der Waals surface area contributed by atoms with E-state index in [1.54, 1.807) is 6.08 Å². The fourth-order valence-corrected chi connectivity index (χ4v) is 0.359. The molecule has 0 nitrogen and oxygen atoms in total. The summed E-state index contributed by atoms with van der Waals surface area (Å²) in [7, 11) is 0. The third-order valence-corrected chi connectivity index (χ3v) is 0.736. The van der Waals surface area contributed by atoms with Crippen LogP contribution >= 0.6 is 0 Å². The highest BCUT2D eigenvalue weighted by Gasteiger charge is 1.68. The van der Waals surface area contributed by atoms with Crippen molar-refractivity contribution in [2.24, 2.45) is 0 Å². The SMILES string of the molecule is [CH]=CCC/C=C/C. The van der Waals surface area contributed by atoms with Gasteiger partial charge in [-0.25, -0.2) is 0 Å². The van der Waals surface area contributed by atoms with E-state index in [4.69, 9.17) is 6.58 Å². The standard InChI is InChI=1S/C7H11/c1-3-5-7-6-4-2/h1,3-4,6H,5,7H2,2H3/b3-1?,6-4+. The molecular weight excluding hydrogens is 84.1 g/mol.